The van der Waals surface area contributed by atoms with Crippen LogP contribution in [0, 0.1) is 0 Å². The molecule has 0 saturated carbocycles. The molecule has 0 aromatic heterocycles. The molecule has 108 valence electrons. The molecule has 2 aliphatic rings. The lowest BCUT2D eigenvalue weighted by Crippen LogP contribution is -2.58. The van der Waals surface area contributed by atoms with Crippen LogP contribution in [-0.4, -0.2) is 36.4 Å². The van der Waals surface area contributed by atoms with Crippen LogP contribution >= 0.6 is 0 Å². The van der Waals surface area contributed by atoms with Gasteiger partial charge in [-0.1, -0.05) is 0 Å². The van der Waals surface area contributed by atoms with Crippen LogP contribution < -0.4 is 0 Å². The lowest BCUT2D eigenvalue weighted by molar-refractivity contribution is -0.0724. The van der Waals surface area contributed by atoms with Gasteiger partial charge in [-0.05, 0) is 55.4 Å². The minimum atomic E-state index is -0.486. The van der Waals surface area contributed by atoms with Gasteiger partial charge in [-0.25, -0.2) is 0 Å². The molecule has 0 unspecified atom stereocenters. The van der Waals surface area contributed by atoms with Crippen molar-refractivity contribution in [3.63, 3.8) is 0 Å². The Morgan fingerprint density at radius 3 is 1.26 bits per heavy atom. The highest BCUT2D eigenvalue weighted by Crippen LogP contribution is 2.41. The molecule has 2 fully saturated rings. The van der Waals surface area contributed by atoms with Gasteiger partial charge in [0.2, 0.25) is 0 Å². The Kier molecular flexibility index (Phi) is 3.42. The molecule has 0 bridgehead atoms. The fourth-order valence-corrected chi connectivity index (χ4v) is 2.87. The quantitative estimate of drug-likeness (QED) is 0.685. The molecule has 6 heteroatoms. The van der Waals surface area contributed by atoms with Gasteiger partial charge in [0.15, 0.2) is 0 Å². The van der Waals surface area contributed by atoms with Gasteiger partial charge in [-0.15, -0.1) is 0 Å². The first-order valence-corrected chi connectivity index (χ1v) is 7.05. The summed E-state index contributed by atoms with van der Waals surface area (Å²) in [4.78, 5) is 0. The van der Waals surface area contributed by atoms with Crippen LogP contribution in [0.25, 0.3) is 0 Å². The van der Waals surface area contributed by atoms with Crippen molar-refractivity contribution >= 4 is 14.0 Å². The molecule has 0 spiro atoms. The Balaban J connectivity index is 2.15. The molecule has 2 saturated heterocycles. The van der Waals surface area contributed by atoms with E-state index in [4.69, 9.17) is 18.6 Å². The maximum Gasteiger partial charge on any atom is 0.488 e. The third-order valence-corrected chi connectivity index (χ3v) is 4.22. The summed E-state index contributed by atoms with van der Waals surface area (Å²) in [6.45, 7) is 16.5. The van der Waals surface area contributed by atoms with Gasteiger partial charge in [0.1, 0.15) is 0 Å². The molecule has 0 amide bonds. The maximum absolute atomic E-state index is 6.02. The Morgan fingerprint density at radius 1 is 0.579 bits per heavy atom. The van der Waals surface area contributed by atoms with Gasteiger partial charge in [0.25, 0.3) is 0 Å². The van der Waals surface area contributed by atoms with Crippen molar-refractivity contribution in [1.82, 2.24) is 0 Å². The molecule has 0 radical (unpaired) electrons. The predicted octanol–water partition coefficient (Wildman–Crippen LogP) is 2.64. The molecule has 4 nitrogen and oxygen atoms in total. The molecule has 0 atom stereocenters. The van der Waals surface area contributed by atoms with Crippen molar-refractivity contribution in [3.8, 4) is 0 Å². The van der Waals surface area contributed by atoms with E-state index in [1.54, 1.807) is 0 Å². The summed E-state index contributed by atoms with van der Waals surface area (Å²) in [5, 5.41) is 0. The van der Waals surface area contributed by atoms with E-state index in [1.165, 1.54) is 0 Å². The van der Waals surface area contributed by atoms with Crippen LogP contribution in [0.2, 0.25) is 0 Å². The van der Waals surface area contributed by atoms with E-state index in [0.717, 1.165) is 6.42 Å². The Morgan fingerprint density at radius 2 is 0.895 bits per heavy atom. The number of hydrogen-bond acceptors (Lipinski definition) is 4. The van der Waals surface area contributed by atoms with E-state index in [1.807, 2.05) is 27.7 Å². The largest absolute Gasteiger partial charge is 0.488 e. The van der Waals surface area contributed by atoms with Crippen LogP contribution in [0.1, 0.15) is 61.8 Å². The van der Waals surface area contributed by atoms with Gasteiger partial charge in [0.05, 0.1) is 22.4 Å². The highest BCUT2D eigenvalue weighted by molar-refractivity contribution is 7.11. The molecule has 0 aromatic carbocycles. The molecule has 2 rings (SSSR count). The zero-order valence-corrected chi connectivity index (χ0v) is 13.5. The summed E-state index contributed by atoms with van der Waals surface area (Å²) in [5.74, 6) is 0. The van der Waals surface area contributed by atoms with E-state index in [-0.39, 0.29) is 22.4 Å². The molecular weight excluding hydrogens is 242 g/mol. The second kappa shape index (κ2) is 4.23. The second-order valence-corrected chi connectivity index (χ2v) is 7.92. The van der Waals surface area contributed by atoms with Crippen LogP contribution in [-0.2, 0) is 18.6 Å². The zero-order chi connectivity index (χ0) is 14.7. The highest BCUT2D eigenvalue weighted by atomic mass is 16.7. The molecule has 2 aliphatic heterocycles. The SMILES string of the molecule is CC1(C)CC(C)(C)OB(B2OC(C)(C)C(C)(C)O2)O1. The fourth-order valence-electron chi connectivity index (χ4n) is 2.87. The zero-order valence-electron chi connectivity index (χ0n) is 13.5. The fraction of sp³-hybridized carbons (Fsp3) is 1.00. The van der Waals surface area contributed by atoms with Crippen LogP contribution in [0.4, 0.5) is 0 Å². The second-order valence-electron chi connectivity index (χ2n) is 7.92. The van der Waals surface area contributed by atoms with Gasteiger partial charge in [0, 0.05) is 6.42 Å². The summed E-state index contributed by atoms with van der Waals surface area (Å²) in [5.41, 5.74) is -1.21. The highest BCUT2D eigenvalue weighted by Gasteiger charge is 2.60. The lowest BCUT2D eigenvalue weighted by atomic mass is 9.47. The van der Waals surface area contributed by atoms with Gasteiger partial charge >= 0.3 is 14.0 Å². The Hall–Kier alpha value is -0.0301. The molecule has 0 N–H and O–H groups in total. The Bertz CT molecular complexity index is 334. The standard InChI is InChI=1S/C13H26B2O4/c1-10(2)9-11(3,4)17-14(16-10)15-18-12(5,6)13(7,8)19-15/h9H2,1-8H3. The number of hydrogen-bond donors (Lipinski definition) is 0. The van der Waals surface area contributed by atoms with E-state index in [2.05, 4.69) is 27.7 Å². The van der Waals surface area contributed by atoms with E-state index in [0.29, 0.717) is 0 Å². The summed E-state index contributed by atoms with van der Waals surface area (Å²) in [6, 6.07) is 0. The first-order valence-electron chi connectivity index (χ1n) is 7.05. The average molecular weight is 268 g/mol. The summed E-state index contributed by atoms with van der Waals surface area (Å²) < 4.78 is 24.1. The van der Waals surface area contributed by atoms with E-state index >= 15 is 0 Å². The van der Waals surface area contributed by atoms with Crippen molar-refractivity contribution in [2.24, 2.45) is 0 Å². The predicted molar refractivity (Wildman–Crippen MR) is 76.8 cm³/mol. The van der Waals surface area contributed by atoms with Crippen molar-refractivity contribution in [2.75, 3.05) is 0 Å². The van der Waals surface area contributed by atoms with Gasteiger partial charge < -0.3 is 18.6 Å². The van der Waals surface area contributed by atoms with Crippen LogP contribution in [0.5, 0.6) is 0 Å². The number of rotatable bonds is 1. The van der Waals surface area contributed by atoms with Gasteiger partial charge in [-0.3, -0.25) is 0 Å². The first-order chi connectivity index (χ1) is 8.34. The van der Waals surface area contributed by atoms with Crippen molar-refractivity contribution in [2.45, 2.75) is 84.2 Å². The first kappa shape index (κ1) is 15.4. The third kappa shape index (κ3) is 3.02. The summed E-state index contributed by atoms with van der Waals surface area (Å²) >= 11 is 0. The summed E-state index contributed by atoms with van der Waals surface area (Å²) in [6.07, 6.45) is 0.843. The van der Waals surface area contributed by atoms with E-state index in [9.17, 15) is 0 Å². The lowest BCUT2D eigenvalue weighted by Gasteiger charge is -2.44. The Labute approximate surface area is 117 Å². The molecule has 0 aliphatic carbocycles. The normalized spacial score (nSPS) is 31.6. The van der Waals surface area contributed by atoms with Crippen molar-refractivity contribution in [3.05, 3.63) is 0 Å². The van der Waals surface area contributed by atoms with Crippen LogP contribution in [0.3, 0.4) is 0 Å². The van der Waals surface area contributed by atoms with E-state index < -0.39 is 14.0 Å². The molecular formula is C13H26B2O4. The molecule has 0 aromatic rings. The topological polar surface area (TPSA) is 36.9 Å². The molecule has 19 heavy (non-hydrogen) atoms. The van der Waals surface area contributed by atoms with Gasteiger partial charge in [-0.2, -0.15) is 0 Å². The third-order valence-electron chi connectivity index (χ3n) is 4.22. The molecule has 2 heterocycles. The minimum Gasteiger partial charge on any atom is -0.408 e. The monoisotopic (exact) mass is 268 g/mol. The van der Waals surface area contributed by atoms with Crippen LogP contribution in [0.15, 0.2) is 0 Å². The minimum absolute atomic E-state index is 0.240. The van der Waals surface area contributed by atoms with Crippen molar-refractivity contribution in [1.29, 1.82) is 0 Å². The average Bonchev–Trinajstić information content (AvgIpc) is 2.30. The smallest absolute Gasteiger partial charge is 0.408 e. The maximum atomic E-state index is 6.02. The van der Waals surface area contributed by atoms with Crippen molar-refractivity contribution < 1.29 is 18.6 Å². The summed E-state index contributed by atoms with van der Waals surface area (Å²) in [7, 11) is -0.969.